The molecule has 1 amide bonds. The third-order valence-corrected chi connectivity index (χ3v) is 6.60. The average molecular weight is 454 g/mol. The van der Waals surface area contributed by atoms with Gasteiger partial charge in [0.25, 0.3) is 5.24 Å². The van der Waals surface area contributed by atoms with Crippen LogP contribution in [0.2, 0.25) is 0 Å². The number of aryl methyl sites for hydroxylation is 1. The molecule has 1 aromatic heterocycles. The lowest BCUT2D eigenvalue weighted by Crippen LogP contribution is -2.26. The van der Waals surface area contributed by atoms with Crippen LogP contribution in [-0.2, 0) is 0 Å². The number of hydrogen-bond donors (Lipinski definition) is 0. The van der Waals surface area contributed by atoms with Gasteiger partial charge in [-0.25, -0.2) is 4.68 Å². The van der Waals surface area contributed by atoms with Gasteiger partial charge in [-0.3, -0.25) is 9.69 Å². The maximum absolute atomic E-state index is 12.8. The lowest BCUT2D eigenvalue weighted by Gasteiger charge is -2.14. The molecule has 5 rings (SSSR count). The predicted octanol–water partition coefficient (Wildman–Crippen LogP) is 6.89. The summed E-state index contributed by atoms with van der Waals surface area (Å²) in [5.41, 5.74) is 5.63. The van der Waals surface area contributed by atoms with E-state index in [0.29, 0.717) is 4.99 Å². The molecule has 1 aliphatic heterocycles. The Morgan fingerprint density at radius 3 is 2.22 bits per heavy atom. The summed E-state index contributed by atoms with van der Waals surface area (Å²) in [5, 5.41) is 4.75. The zero-order chi connectivity index (χ0) is 22.1. The van der Waals surface area contributed by atoms with Crippen LogP contribution in [0.4, 0.5) is 10.5 Å². The van der Waals surface area contributed by atoms with Crippen LogP contribution in [0.15, 0.2) is 96.0 Å². The Morgan fingerprint density at radius 2 is 1.53 bits per heavy atom. The van der Waals surface area contributed by atoms with Crippen LogP contribution < -0.4 is 4.90 Å². The summed E-state index contributed by atoms with van der Waals surface area (Å²) in [6.07, 6.45) is 3.95. The maximum atomic E-state index is 12.8. The van der Waals surface area contributed by atoms with Gasteiger partial charge in [0.2, 0.25) is 0 Å². The molecule has 2 heterocycles. The van der Waals surface area contributed by atoms with Gasteiger partial charge < -0.3 is 0 Å². The van der Waals surface area contributed by atoms with Crippen LogP contribution in [0.25, 0.3) is 23.0 Å². The van der Waals surface area contributed by atoms with E-state index in [-0.39, 0.29) is 5.24 Å². The second-order valence-electron chi connectivity index (χ2n) is 7.43. The van der Waals surface area contributed by atoms with Gasteiger partial charge in [0, 0.05) is 17.3 Å². The third-order valence-electron chi connectivity index (χ3n) is 5.18. The molecule has 0 N–H and O–H groups in total. The molecule has 0 atom stereocenters. The second kappa shape index (κ2) is 8.57. The first-order chi connectivity index (χ1) is 15.6. The molecule has 32 heavy (non-hydrogen) atoms. The molecular weight excluding hydrogens is 434 g/mol. The maximum Gasteiger partial charge on any atom is 0.296 e. The molecule has 1 fully saturated rings. The second-order valence-corrected chi connectivity index (χ2v) is 8.81. The zero-order valence-corrected chi connectivity index (χ0v) is 18.9. The van der Waals surface area contributed by atoms with E-state index in [1.165, 1.54) is 0 Å². The summed E-state index contributed by atoms with van der Waals surface area (Å²) < 4.78 is 1.86. The van der Waals surface area contributed by atoms with Gasteiger partial charge in [-0.1, -0.05) is 78.4 Å². The van der Waals surface area contributed by atoms with Crippen LogP contribution in [0.1, 0.15) is 11.1 Å². The minimum absolute atomic E-state index is 0.0955. The highest BCUT2D eigenvalue weighted by molar-refractivity contribution is 8.20. The largest absolute Gasteiger partial charge is 0.296 e. The zero-order valence-electron chi connectivity index (χ0n) is 17.3. The van der Waals surface area contributed by atoms with Gasteiger partial charge in [0.15, 0.2) is 0 Å². The van der Waals surface area contributed by atoms with Crippen LogP contribution in [0.5, 0.6) is 0 Å². The summed E-state index contributed by atoms with van der Waals surface area (Å²) in [7, 11) is 0. The number of anilines is 1. The van der Waals surface area contributed by atoms with Crippen LogP contribution >= 0.6 is 24.0 Å². The normalized spacial score (nSPS) is 15.0. The molecule has 0 saturated carbocycles. The van der Waals surface area contributed by atoms with E-state index in [9.17, 15) is 4.79 Å². The molecule has 4 aromatic rings. The van der Waals surface area contributed by atoms with E-state index >= 15 is 0 Å². The predicted molar refractivity (Wildman–Crippen MR) is 136 cm³/mol. The fourth-order valence-corrected chi connectivity index (χ4v) is 4.82. The Bertz CT molecular complexity index is 1330. The van der Waals surface area contributed by atoms with E-state index in [2.05, 4.69) is 0 Å². The van der Waals surface area contributed by atoms with E-state index in [1.54, 1.807) is 4.90 Å². The third kappa shape index (κ3) is 3.90. The number of thiocarbonyl (C=S) groups is 1. The Kier molecular flexibility index (Phi) is 5.47. The monoisotopic (exact) mass is 453 g/mol. The van der Waals surface area contributed by atoms with Crippen molar-refractivity contribution < 1.29 is 4.79 Å². The van der Waals surface area contributed by atoms with Crippen molar-refractivity contribution in [2.45, 2.75) is 6.92 Å². The van der Waals surface area contributed by atoms with Gasteiger partial charge >= 0.3 is 0 Å². The minimum atomic E-state index is -0.0955. The molecule has 0 bridgehead atoms. The van der Waals surface area contributed by atoms with Crippen molar-refractivity contribution in [2.24, 2.45) is 0 Å². The van der Waals surface area contributed by atoms with Crippen molar-refractivity contribution in [1.29, 1.82) is 0 Å². The molecule has 1 saturated heterocycles. The van der Waals surface area contributed by atoms with Gasteiger partial charge in [-0.15, -0.1) is 0 Å². The van der Waals surface area contributed by atoms with E-state index in [4.69, 9.17) is 17.3 Å². The number of thioether (sulfide) groups is 1. The first kappa shape index (κ1) is 20.4. The highest BCUT2D eigenvalue weighted by atomic mass is 32.2. The molecule has 3 aromatic carbocycles. The molecule has 0 aliphatic carbocycles. The minimum Gasteiger partial charge on any atom is -0.261 e. The van der Waals surface area contributed by atoms with Gasteiger partial charge in [0.1, 0.15) is 4.99 Å². The smallest absolute Gasteiger partial charge is 0.261 e. The molecule has 0 radical (unpaired) electrons. The number of para-hydroxylation sites is 1. The number of aromatic nitrogens is 2. The Labute approximate surface area is 196 Å². The van der Waals surface area contributed by atoms with Crippen molar-refractivity contribution in [3.05, 3.63) is 107 Å². The molecular formula is C26H19N3OS2. The highest BCUT2D eigenvalue weighted by Crippen LogP contribution is 2.38. The fraction of sp³-hybridized carbons (Fsp3) is 0.0385. The van der Waals surface area contributed by atoms with Crippen molar-refractivity contribution in [1.82, 2.24) is 9.78 Å². The van der Waals surface area contributed by atoms with Crippen LogP contribution in [-0.4, -0.2) is 20.0 Å². The van der Waals surface area contributed by atoms with Gasteiger partial charge in [-0.2, -0.15) is 5.10 Å². The van der Waals surface area contributed by atoms with Crippen molar-refractivity contribution >= 4 is 46.0 Å². The Balaban J connectivity index is 1.57. The topological polar surface area (TPSA) is 38.1 Å². The summed E-state index contributed by atoms with van der Waals surface area (Å²) in [5.74, 6) is 0. The SMILES string of the molecule is Cc1ccc(N2C(=O)SC(=Cc3cn(-c4ccccc4)nc3-c3ccccc3)C2=S)cc1. The van der Waals surface area contributed by atoms with E-state index in [1.807, 2.05) is 109 Å². The molecule has 1 aliphatic rings. The molecule has 0 unspecified atom stereocenters. The van der Waals surface area contributed by atoms with Gasteiger partial charge in [0.05, 0.1) is 22.0 Å². The quantitative estimate of drug-likeness (QED) is 0.249. The van der Waals surface area contributed by atoms with Gasteiger partial charge in [-0.05, 0) is 49.0 Å². The molecule has 6 heteroatoms. The van der Waals surface area contributed by atoms with Crippen LogP contribution in [0.3, 0.4) is 0 Å². The molecule has 156 valence electrons. The summed E-state index contributed by atoms with van der Waals surface area (Å²) >= 11 is 6.86. The Morgan fingerprint density at radius 1 is 0.875 bits per heavy atom. The van der Waals surface area contributed by atoms with Crippen LogP contribution in [0, 0.1) is 6.92 Å². The molecule has 0 spiro atoms. The number of nitrogens with zero attached hydrogens (tertiary/aromatic N) is 3. The number of amides is 1. The van der Waals surface area contributed by atoms with E-state index < -0.39 is 0 Å². The fourth-order valence-electron chi connectivity index (χ4n) is 3.55. The number of rotatable bonds is 4. The highest BCUT2D eigenvalue weighted by Gasteiger charge is 2.33. The van der Waals surface area contributed by atoms with E-state index in [0.717, 1.165) is 50.4 Å². The number of benzene rings is 3. The standard InChI is InChI=1S/C26H19N3OS2/c1-18-12-14-22(15-13-18)29-25(31)23(32-26(29)30)16-20-17-28(21-10-6-3-7-11-21)27-24(20)19-8-4-2-5-9-19/h2-17H,1H3. The summed E-state index contributed by atoms with van der Waals surface area (Å²) in [4.78, 5) is 15.6. The Hall–Kier alpha value is -3.48. The number of carbonyl (C=O) groups is 1. The number of hydrogen-bond acceptors (Lipinski definition) is 4. The lowest BCUT2D eigenvalue weighted by atomic mass is 10.1. The van der Waals surface area contributed by atoms with Crippen molar-refractivity contribution in [2.75, 3.05) is 4.90 Å². The first-order valence-electron chi connectivity index (χ1n) is 10.2. The van der Waals surface area contributed by atoms with Crippen molar-refractivity contribution in [3.63, 3.8) is 0 Å². The molecule has 4 nitrogen and oxygen atoms in total. The average Bonchev–Trinajstić information content (AvgIpc) is 3.36. The van der Waals surface area contributed by atoms with Crippen molar-refractivity contribution in [3.8, 4) is 16.9 Å². The summed E-state index contributed by atoms with van der Waals surface area (Å²) in [6.45, 7) is 2.02. The lowest BCUT2D eigenvalue weighted by molar-refractivity contribution is 0.268. The number of carbonyl (C=O) groups excluding carboxylic acids is 1. The summed E-state index contributed by atoms with van der Waals surface area (Å²) in [6, 6.07) is 27.8. The first-order valence-corrected chi connectivity index (χ1v) is 11.4.